The smallest absolute Gasteiger partial charge is 0.166 e. The quantitative estimate of drug-likeness (QED) is 0.713. The van der Waals surface area contributed by atoms with Gasteiger partial charge in [-0.05, 0) is 43.7 Å². The monoisotopic (exact) mass is 335 g/mol. The van der Waals surface area contributed by atoms with Crippen LogP contribution in [0.2, 0.25) is 0 Å². The van der Waals surface area contributed by atoms with E-state index in [2.05, 4.69) is 20.6 Å². The number of anilines is 3. The lowest BCUT2D eigenvalue weighted by Gasteiger charge is -2.15. The van der Waals surface area contributed by atoms with E-state index < -0.39 is 5.82 Å². The van der Waals surface area contributed by atoms with Crippen LogP contribution in [0.1, 0.15) is 25.8 Å². The van der Waals surface area contributed by atoms with Gasteiger partial charge in [-0.1, -0.05) is 13.0 Å². The van der Waals surface area contributed by atoms with Gasteiger partial charge in [0, 0.05) is 23.3 Å². The summed E-state index contributed by atoms with van der Waals surface area (Å²) in [4.78, 5) is 8.55. The van der Waals surface area contributed by atoms with Gasteiger partial charge in [-0.15, -0.1) is 0 Å². The molecule has 1 atom stereocenters. The molecule has 2 aromatic heterocycles. The van der Waals surface area contributed by atoms with Gasteiger partial charge in [-0.2, -0.15) is 5.26 Å². The topological polar surface area (TPSA) is 73.6 Å². The first-order chi connectivity index (χ1) is 12.1. The van der Waals surface area contributed by atoms with Crippen molar-refractivity contribution in [2.45, 2.75) is 26.3 Å². The highest BCUT2D eigenvalue weighted by molar-refractivity contribution is 5.83. The summed E-state index contributed by atoms with van der Waals surface area (Å²) in [6, 6.07) is 12.7. The van der Waals surface area contributed by atoms with E-state index in [4.69, 9.17) is 0 Å². The molecule has 126 valence electrons. The fourth-order valence-electron chi connectivity index (χ4n) is 2.40. The van der Waals surface area contributed by atoms with Crippen LogP contribution in [0, 0.1) is 17.1 Å². The average Bonchev–Trinajstić information content (AvgIpc) is 2.63. The summed E-state index contributed by atoms with van der Waals surface area (Å²) in [5, 5.41) is 16.4. The van der Waals surface area contributed by atoms with Crippen LogP contribution in [-0.2, 0) is 0 Å². The number of nitrogens with one attached hydrogen (secondary N) is 2. The Balaban J connectivity index is 1.96. The molecule has 25 heavy (non-hydrogen) atoms. The summed E-state index contributed by atoms with van der Waals surface area (Å²) in [6.45, 7) is 3.95. The van der Waals surface area contributed by atoms with Crippen LogP contribution in [0.25, 0.3) is 10.9 Å². The molecule has 1 aromatic carbocycles. The standard InChI is InChI=1S/C19H18FN5/c1-3-12(2)23-19-16(20)10-14(11-21)18(25-19)24-15-6-7-17-13(9-15)5-4-8-22-17/h4-10,12H,3H2,1-2H3,(H2,23,24,25)/t12-/m1/s1. The SMILES string of the molecule is CC[C@@H](C)Nc1nc(Nc2ccc3ncccc3c2)c(C#N)cc1F. The zero-order valence-corrected chi connectivity index (χ0v) is 14.0. The van der Waals surface area contributed by atoms with Crippen LogP contribution in [0.3, 0.4) is 0 Å². The lowest BCUT2D eigenvalue weighted by Crippen LogP contribution is -2.16. The lowest BCUT2D eigenvalue weighted by atomic mass is 10.2. The minimum absolute atomic E-state index is 0.0783. The number of rotatable bonds is 5. The molecule has 5 nitrogen and oxygen atoms in total. The summed E-state index contributed by atoms with van der Waals surface area (Å²) < 4.78 is 14.1. The van der Waals surface area contributed by atoms with Crippen LogP contribution in [-0.4, -0.2) is 16.0 Å². The molecule has 2 N–H and O–H groups in total. The van der Waals surface area contributed by atoms with Crippen molar-refractivity contribution in [3.05, 3.63) is 54.0 Å². The van der Waals surface area contributed by atoms with E-state index in [0.717, 1.165) is 23.0 Å². The molecule has 3 aromatic rings. The van der Waals surface area contributed by atoms with Gasteiger partial charge >= 0.3 is 0 Å². The maximum atomic E-state index is 14.1. The maximum Gasteiger partial charge on any atom is 0.166 e. The summed E-state index contributed by atoms with van der Waals surface area (Å²) in [5.41, 5.74) is 1.78. The van der Waals surface area contributed by atoms with E-state index in [0.29, 0.717) is 5.82 Å². The van der Waals surface area contributed by atoms with Crippen molar-refractivity contribution < 1.29 is 4.39 Å². The summed E-state index contributed by atoms with van der Waals surface area (Å²) in [5.74, 6) is -0.0821. The zero-order valence-electron chi connectivity index (χ0n) is 14.0. The van der Waals surface area contributed by atoms with Crippen molar-refractivity contribution in [1.29, 1.82) is 5.26 Å². The fraction of sp³-hybridized carbons (Fsp3) is 0.211. The predicted octanol–water partition coefficient (Wildman–Crippen LogP) is 4.59. The summed E-state index contributed by atoms with van der Waals surface area (Å²) in [7, 11) is 0. The van der Waals surface area contributed by atoms with Crippen LogP contribution in [0.15, 0.2) is 42.6 Å². The van der Waals surface area contributed by atoms with E-state index in [-0.39, 0.29) is 17.4 Å². The molecule has 0 amide bonds. The number of pyridine rings is 2. The second-order valence-corrected chi connectivity index (χ2v) is 5.82. The predicted molar refractivity (Wildman–Crippen MR) is 97.3 cm³/mol. The Kier molecular flexibility index (Phi) is 4.75. The van der Waals surface area contributed by atoms with Crippen LogP contribution < -0.4 is 10.6 Å². The van der Waals surface area contributed by atoms with Gasteiger partial charge in [0.25, 0.3) is 0 Å². The molecule has 0 saturated heterocycles. The van der Waals surface area contributed by atoms with E-state index in [9.17, 15) is 9.65 Å². The molecule has 0 saturated carbocycles. The van der Waals surface area contributed by atoms with Crippen molar-refractivity contribution >= 4 is 28.2 Å². The van der Waals surface area contributed by atoms with E-state index in [1.54, 1.807) is 6.20 Å². The highest BCUT2D eigenvalue weighted by Crippen LogP contribution is 2.25. The first-order valence-corrected chi connectivity index (χ1v) is 8.09. The van der Waals surface area contributed by atoms with Gasteiger partial charge in [0.05, 0.1) is 11.1 Å². The second-order valence-electron chi connectivity index (χ2n) is 5.82. The number of hydrogen-bond donors (Lipinski definition) is 2. The number of fused-ring (bicyclic) bond motifs is 1. The number of benzene rings is 1. The number of nitriles is 1. The Hall–Kier alpha value is -3.20. The summed E-state index contributed by atoms with van der Waals surface area (Å²) >= 11 is 0. The Morgan fingerprint density at radius 1 is 1.24 bits per heavy atom. The molecular formula is C19H18FN5. The van der Waals surface area contributed by atoms with Gasteiger partial charge in [0.1, 0.15) is 6.07 Å². The highest BCUT2D eigenvalue weighted by Gasteiger charge is 2.13. The highest BCUT2D eigenvalue weighted by atomic mass is 19.1. The van der Waals surface area contributed by atoms with Crippen molar-refractivity contribution in [3.63, 3.8) is 0 Å². The number of nitrogens with zero attached hydrogens (tertiary/aromatic N) is 3. The van der Waals surface area contributed by atoms with Crippen molar-refractivity contribution in [3.8, 4) is 6.07 Å². The first-order valence-electron chi connectivity index (χ1n) is 8.09. The van der Waals surface area contributed by atoms with Crippen LogP contribution in [0.5, 0.6) is 0 Å². The van der Waals surface area contributed by atoms with Gasteiger partial charge in [0.2, 0.25) is 0 Å². The number of hydrogen-bond acceptors (Lipinski definition) is 5. The molecule has 0 bridgehead atoms. The molecule has 0 radical (unpaired) electrons. The van der Waals surface area contributed by atoms with E-state index >= 15 is 0 Å². The van der Waals surface area contributed by atoms with Crippen molar-refractivity contribution in [1.82, 2.24) is 9.97 Å². The summed E-state index contributed by atoms with van der Waals surface area (Å²) in [6.07, 6.45) is 2.57. The third-order valence-corrected chi connectivity index (χ3v) is 3.96. The molecule has 0 aliphatic heterocycles. The average molecular weight is 335 g/mol. The van der Waals surface area contributed by atoms with Gasteiger partial charge in [-0.3, -0.25) is 4.98 Å². The molecule has 0 aliphatic rings. The maximum absolute atomic E-state index is 14.1. The molecule has 6 heteroatoms. The molecule has 2 heterocycles. The van der Waals surface area contributed by atoms with Gasteiger partial charge < -0.3 is 10.6 Å². The van der Waals surface area contributed by atoms with Crippen molar-refractivity contribution in [2.75, 3.05) is 10.6 Å². The van der Waals surface area contributed by atoms with E-state index in [1.807, 2.05) is 50.2 Å². The second kappa shape index (κ2) is 7.14. The van der Waals surface area contributed by atoms with Crippen LogP contribution in [0.4, 0.5) is 21.7 Å². The lowest BCUT2D eigenvalue weighted by molar-refractivity contribution is 0.618. The number of halogens is 1. The first kappa shape index (κ1) is 16.7. The third kappa shape index (κ3) is 3.66. The zero-order chi connectivity index (χ0) is 17.8. The molecule has 0 spiro atoms. The molecule has 0 fully saturated rings. The fourth-order valence-corrected chi connectivity index (χ4v) is 2.40. The largest absolute Gasteiger partial charge is 0.365 e. The minimum Gasteiger partial charge on any atom is -0.365 e. The Morgan fingerprint density at radius 3 is 2.84 bits per heavy atom. The normalized spacial score (nSPS) is 11.8. The van der Waals surface area contributed by atoms with Crippen LogP contribution >= 0.6 is 0 Å². The number of aromatic nitrogens is 2. The molecule has 0 aliphatic carbocycles. The van der Waals surface area contributed by atoms with E-state index in [1.165, 1.54) is 6.07 Å². The Bertz CT molecular complexity index is 948. The van der Waals surface area contributed by atoms with Gasteiger partial charge in [-0.25, -0.2) is 9.37 Å². The molecule has 0 unspecified atom stereocenters. The van der Waals surface area contributed by atoms with Crippen molar-refractivity contribution in [2.24, 2.45) is 0 Å². The Morgan fingerprint density at radius 2 is 2.08 bits per heavy atom. The minimum atomic E-state index is -0.537. The third-order valence-electron chi connectivity index (χ3n) is 3.96. The molecular weight excluding hydrogens is 317 g/mol. The van der Waals surface area contributed by atoms with Gasteiger partial charge in [0.15, 0.2) is 17.5 Å². The molecule has 3 rings (SSSR count). The Labute approximate surface area is 145 Å².